The topological polar surface area (TPSA) is 81.0 Å². The lowest BCUT2D eigenvalue weighted by Crippen LogP contribution is -2.32. The number of allylic oxidation sites excluding steroid dienone is 1. The van der Waals surface area contributed by atoms with E-state index in [1.165, 1.54) is 0 Å². The quantitative estimate of drug-likeness (QED) is 0.863. The molecule has 1 atom stereocenters. The summed E-state index contributed by atoms with van der Waals surface area (Å²) in [6, 6.07) is 8.87. The van der Waals surface area contributed by atoms with Gasteiger partial charge in [0.05, 0.1) is 11.5 Å². The van der Waals surface area contributed by atoms with Crippen LogP contribution in [0, 0.1) is 11.3 Å². The van der Waals surface area contributed by atoms with E-state index in [2.05, 4.69) is 0 Å². The van der Waals surface area contributed by atoms with Gasteiger partial charge in [0.25, 0.3) is 5.56 Å². The third-order valence-electron chi connectivity index (χ3n) is 4.51. The van der Waals surface area contributed by atoms with Gasteiger partial charge in [-0.3, -0.25) is 4.79 Å². The predicted molar refractivity (Wildman–Crippen MR) is 101 cm³/mol. The number of hydrogen-bond acceptors (Lipinski definition) is 4. The Morgan fingerprint density at radius 3 is 2.54 bits per heavy atom. The summed E-state index contributed by atoms with van der Waals surface area (Å²) < 4.78 is 7.19. The Bertz CT molecular complexity index is 998. The van der Waals surface area contributed by atoms with Crippen LogP contribution in [0.5, 0.6) is 5.75 Å². The van der Waals surface area contributed by atoms with Gasteiger partial charge in [0.2, 0.25) is 5.88 Å². The summed E-state index contributed by atoms with van der Waals surface area (Å²) >= 11 is 12.7. The number of ether oxygens (including phenoxy) is 1. The highest BCUT2D eigenvalue weighted by Crippen LogP contribution is 2.45. The van der Waals surface area contributed by atoms with Crippen LogP contribution in [0.3, 0.4) is 0 Å². The molecule has 2 aromatic rings. The largest absolute Gasteiger partial charge is 0.440 e. The summed E-state index contributed by atoms with van der Waals surface area (Å²) in [7, 11) is 1.70. The zero-order chi connectivity index (χ0) is 19.0. The molecule has 0 saturated heterocycles. The molecule has 0 radical (unpaired) electrons. The van der Waals surface area contributed by atoms with Crippen LogP contribution < -0.4 is 16.0 Å². The van der Waals surface area contributed by atoms with E-state index in [0.717, 1.165) is 12.1 Å². The second kappa shape index (κ2) is 7.06. The van der Waals surface area contributed by atoms with E-state index < -0.39 is 5.92 Å². The second-order valence-corrected chi connectivity index (χ2v) is 6.90. The first kappa shape index (κ1) is 18.4. The zero-order valence-electron chi connectivity index (χ0n) is 14.3. The minimum Gasteiger partial charge on any atom is -0.440 e. The summed E-state index contributed by atoms with van der Waals surface area (Å²) in [5.41, 5.74) is 7.46. The first-order chi connectivity index (χ1) is 12.4. The van der Waals surface area contributed by atoms with Crippen LogP contribution >= 0.6 is 23.2 Å². The van der Waals surface area contributed by atoms with E-state index in [1.54, 1.807) is 35.9 Å². The number of hydrogen-bond donors (Lipinski definition) is 1. The number of halogens is 2. The fourth-order valence-corrected chi connectivity index (χ4v) is 3.86. The standard InChI is InChI=1S/C19H17Cl2N3O2/c1-3-5-10-8-14-17(19(25)24(10)2)15(11(9-22)18(23)26-14)16-12(20)6-4-7-13(16)21/h4,6-8,15H,3,5,23H2,1-2H3. The Labute approximate surface area is 161 Å². The average Bonchev–Trinajstić information content (AvgIpc) is 2.59. The van der Waals surface area contributed by atoms with Crippen molar-refractivity contribution in [2.75, 3.05) is 0 Å². The van der Waals surface area contributed by atoms with Crippen LogP contribution in [0.1, 0.15) is 36.1 Å². The first-order valence-corrected chi connectivity index (χ1v) is 8.90. The number of rotatable bonds is 3. The Morgan fingerprint density at radius 2 is 1.96 bits per heavy atom. The maximum Gasteiger partial charge on any atom is 0.258 e. The molecule has 2 heterocycles. The zero-order valence-corrected chi connectivity index (χ0v) is 15.9. The lowest BCUT2D eigenvalue weighted by molar-refractivity contribution is 0.389. The van der Waals surface area contributed by atoms with Crippen molar-refractivity contribution in [2.45, 2.75) is 25.7 Å². The van der Waals surface area contributed by atoms with Crippen LogP contribution in [-0.2, 0) is 13.5 Å². The fourth-order valence-electron chi connectivity index (χ4n) is 3.24. The lowest BCUT2D eigenvalue weighted by atomic mass is 9.83. The molecule has 1 aliphatic heterocycles. The third kappa shape index (κ3) is 2.86. The summed E-state index contributed by atoms with van der Waals surface area (Å²) in [6.45, 7) is 2.03. The number of aromatic nitrogens is 1. The molecular formula is C19H17Cl2N3O2. The van der Waals surface area contributed by atoms with Crippen molar-refractivity contribution in [2.24, 2.45) is 12.8 Å². The van der Waals surface area contributed by atoms with Crippen LogP contribution in [0.25, 0.3) is 0 Å². The molecule has 1 aromatic carbocycles. The highest BCUT2D eigenvalue weighted by molar-refractivity contribution is 6.36. The molecule has 5 nitrogen and oxygen atoms in total. The Morgan fingerprint density at radius 1 is 1.31 bits per heavy atom. The van der Waals surface area contributed by atoms with Crippen LogP contribution in [-0.4, -0.2) is 4.57 Å². The SMILES string of the molecule is CCCc1cc2c(c(=O)n1C)C(c1c(Cl)cccc1Cl)C(C#N)=C(N)O2. The summed E-state index contributed by atoms with van der Waals surface area (Å²) in [4.78, 5) is 13.1. The van der Waals surface area contributed by atoms with E-state index in [9.17, 15) is 10.1 Å². The number of pyridine rings is 1. The lowest BCUT2D eigenvalue weighted by Gasteiger charge is -2.28. The molecule has 3 rings (SSSR count). The number of nitrogens with two attached hydrogens (primary N) is 1. The van der Waals surface area contributed by atoms with E-state index in [4.69, 9.17) is 33.7 Å². The highest BCUT2D eigenvalue weighted by Gasteiger charge is 2.36. The van der Waals surface area contributed by atoms with Gasteiger partial charge < -0.3 is 15.0 Å². The molecule has 0 saturated carbocycles. The normalized spacial score (nSPS) is 16.0. The van der Waals surface area contributed by atoms with Gasteiger partial charge >= 0.3 is 0 Å². The van der Waals surface area contributed by atoms with Gasteiger partial charge in [-0.15, -0.1) is 0 Å². The molecule has 7 heteroatoms. The van der Waals surface area contributed by atoms with Crippen molar-refractivity contribution in [1.29, 1.82) is 5.26 Å². The maximum absolute atomic E-state index is 13.1. The van der Waals surface area contributed by atoms with Gasteiger partial charge in [-0.2, -0.15) is 5.26 Å². The molecule has 26 heavy (non-hydrogen) atoms. The number of aryl methyl sites for hydroxylation is 1. The average molecular weight is 390 g/mol. The molecule has 1 aliphatic rings. The summed E-state index contributed by atoms with van der Waals surface area (Å²) in [5.74, 6) is -0.481. The second-order valence-electron chi connectivity index (χ2n) is 6.09. The van der Waals surface area contributed by atoms with Gasteiger partial charge in [-0.1, -0.05) is 42.6 Å². The molecule has 0 amide bonds. The van der Waals surface area contributed by atoms with Gasteiger partial charge in [-0.25, -0.2) is 0 Å². The maximum atomic E-state index is 13.1. The minimum absolute atomic E-state index is 0.0447. The molecule has 0 aliphatic carbocycles. The molecule has 0 fully saturated rings. The fraction of sp³-hybridized carbons (Fsp3) is 0.263. The van der Waals surface area contributed by atoms with Crippen molar-refractivity contribution in [3.05, 3.63) is 72.9 Å². The molecule has 134 valence electrons. The summed E-state index contributed by atoms with van der Waals surface area (Å²) in [6.07, 6.45) is 1.59. The van der Waals surface area contributed by atoms with E-state index in [0.29, 0.717) is 33.3 Å². The molecule has 0 bridgehead atoms. The van der Waals surface area contributed by atoms with Gasteiger partial charge in [0, 0.05) is 34.4 Å². The smallest absolute Gasteiger partial charge is 0.258 e. The number of fused-ring (bicyclic) bond motifs is 1. The molecule has 2 N–H and O–H groups in total. The van der Waals surface area contributed by atoms with E-state index in [-0.39, 0.29) is 17.0 Å². The molecule has 0 spiro atoms. The van der Waals surface area contributed by atoms with Gasteiger partial charge in [0.1, 0.15) is 17.4 Å². The highest BCUT2D eigenvalue weighted by atomic mass is 35.5. The van der Waals surface area contributed by atoms with Crippen molar-refractivity contribution < 1.29 is 4.74 Å². The first-order valence-electron chi connectivity index (χ1n) is 8.15. The van der Waals surface area contributed by atoms with Gasteiger partial charge in [0.15, 0.2) is 0 Å². The van der Waals surface area contributed by atoms with Crippen molar-refractivity contribution in [3.8, 4) is 11.8 Å². The van der Waals surface area contributed by atoms with Crippen molar-refractivity contribution >= 4 is 23.2 Å². The van der Waals surface area contributed by atoms with E-state index in [1.807, 2.05) is 13.0 Å². The van der Waals surface area contributed by atoms with Crippen LogP contribution in [0.2, 0.25) is 10.0 Å². The van der Waals surface area contributed by atoms with Gasteiger partial charge in [-0.05, 0) is 18.6 Å². The Kier molecular flexibility index (Phi) is 4.99. The summed E-state index contributed by atoms with van der Waals surface area (Å²) in [5, 5.41) is 10.4. The third-order valence-corrected chi connectivity index (χ3v) is 5.17. The molecular weight excluding hydrogens is 373 g/mol. The monoisotopic (exact) mass is 389 g/mol. The minimum atomic E-state index is -0.778. The molecule has 1 unspecified atom stereocenters. The Balaban J connectivity index is 2.37. The van der Waals surface area contributed by atoms with Crippen LogP contribution in [0.15, 0.2) is 40.5 Å². The molecule has 1 aromatic heterocycles. The van der Waals surface area contributed by atoms with Crippen molar-refractivity contribution in [1.82, 2.24) is 4.57 Å². The van der Waals surface area contributed by atoms with E-state index >= 15 is 0 Å². The number of nitriles is 1. The Hall–Kier alpha value is -2.42. The van der Waals surface area contributed by atoms with Crippen molar-refractivity contribution in [3.63, 3.8) is 0 Å². The number of nitrogens with zero attached hydrogens (tertiary/aromatic N) is 2. The number of benzene rings is 1. The predicted octanol–water partition coefficient (Wildman–Crippen LogP) is 3.86. The van der Waals surface area contributed by atoms with Crippen LogP contribution in [0.4, 0.5) is 0 Å².